The topological polar surface area (TPSA) is 92.7 Å². The molecule has 5 rings (SSSR count). The largest absolute Gasteiger partial charge is 0.465 e. The smallest absolute Gasteiger partial charge is 0.314 e. The molecule has 1 atom stereocenters. The summed E-state index contributed by atoms with van der Waals surface area (Å²) in [6.07, 6.45) is 6.09. The maximum absolute atomic E-state index is 14.0. The third-order valence-electron chi connectivity index (χ3n) is 6.59. The number of allylic oxidation sites excluding steroid dienone is 1. The Hall–Kier alpha value is -3.61. The van der Waals surface area contributed by atoms with Gasteiger partial charge in [0.2, 0.25) is 0 Å². The molecule has 1 aliphatic carbocycles. The van der Waals surface area contributed by atoms with Crippen molar-refractivity contribution in [3.05, 3.63) is 65.2 Å². The summed E-state index contributed by atoms with van der Waals surface area (Å²) < 4.78 is 5.57. The molecule has 3 aromatic rings. The Morgan fingerprint density at radius 3 is 2.64 bits per heavy atom. The zero-order chi connectivity index (χ0) is 22.9. The van der Waals surface area contributed by atoms with Crippen LogP contribution >= 0.6 is 0 Å². The van der Waals surface area contributed by atoms with Crippen molar-refractivity contribution in [1.82, 2.24) is 14.8 Å². The molecule has 0 spiro atoms. The average Bonchev–Trinajstić information content (AvgIpc) is 3.18. The van der Waals surface area contributed by atoms with Gasteiger partial charge < -0.3 is 20.0 Å². The van der Waals surface area contributed by atoms with Gasteiger partial charge >= 0.3 is 6.03 Å². The van der Waals surface area contributed by atoms with Crippen LogP contribution in [-0.2, 0) is 6.42 Å². The highest BCUT2D eigenvalue weighted by molar-refractivity contribution is 6.09. The van der Waals surface area contributed by atoms with Crippen molar-refractivity contribution >= 4 is 34.5 Å². The van der Waals surface area contributed by atoms with Crippen molar-refractivity contribution in [1.29, 1.82) is 0 Å². The number of hydrogen-bond donors (Lipinski definition) is 1. The molecule has 3 heterocycles. The van der Waals surface area contributed by atoms with Gasteiger partial charge in [0.1, 0.15) is 5.76 Å². The highest BCUT2D eigenvalue weighted by atomic mass is 16.3. The predicted molar refractivity (Wildman–Crippen MR) is 127 cm³/mol. The van der Waals surface area contributed by atoms with Gasteiger partial charge in [-0.1, -0.05) is 25.1 Å². The zero-order valence-electron chi connectivity index (χ0n) is 18.8. The van der Waals surface area contributed by atoms with Gasteiger partial charge in [0, 0.05) is 31.6 Å². The lowest BCUT2D eigenvalue weighted by molar-refractivity contribution is 0.0763. The number of urea groups is 1. The summed E-state index contributed by atoms with van der Waals surface area (Å²) in [5.74, 6) is 1.16. The summed E-state index contributed by atoms with van der Waals surface area (Å²) in [7, 11) is 0. The number of rotatable bonds is 2. The van der Waals surface area contributed by atoms with Gasteiger partial charge in [0.15, 0.2) is 0 Å². The molecule has 0 bridgehead atoms. The van der Waals surface area contributed by atoms with E-state index in [1.165, 1.54) is 0 Å². The van der Waals surface area contributed by atoms with Crippen molar-refractivity contribution < 1.29 is 14.0 Å². The number of furan rings is 1. The summed E-state index contributed by atoms with van der Waals surface area (Å²) in [6, 6.07) is 11.2. The molecule has 1 aliphatic heterocycles. The second-order valence-corrected chi connectivity index (χ2v) is 9.00. The minimum atomic E-state index is -0.433. The van der Waals surface area contributed by atoms with Gasteiger partial charge in [-0.2, -0.15) is 0 Å². The van der Waals surface area contributed by atoms with E-state index in [4.69, 9.17) is 15.1 Å². The van der Waals surface area contributed by atoms with Crippen LogP contribution in [-0.4, -0.2) is 52.9 Å². The average molecular weight is 445 g/mol. The lowest BCUT2D eigenvalue weighted by Gasteiger charge is -2.29. The monoisotopic (exact) mass is 444 g/mol. The number of fused-ring (bicyclic) bond motifs is 2. The molecule has 170 valence electrons. The molecule has 1 unspecified atom stereocenters. The first kappa shape index (κ1) is 21.2. The number of carbonyl (C=O) groups excluding carboxylic acids is 2. The number of aromatic nitrogens is 1. The lowest BCUT2D eigenvalue weighted by Crippen LogP contribution is -2.40. The summed E-state index contributed by atoms with van der Waals surface area (Å²) in [5, 5.41) is 0.878. The van der Waals surface area contributed by atoms with Gasteiger partial charge in [-0.15, -0.1) is 0 Å². The Balaban J connectivity index is 1.62. The predicted octanol–water partition coefficient (Wildman–Crippen LogP) is 4.18. The molecular formula is C26H28N4O3. The number of hydrogen-bond acceptors (Lipinski definition) is 4. The number of nitrogens with zero attached hydrogens (tertiary/aromatic N) is 3. The van der Waals surface area contributed by atoms with Crippen LogP contribution in [0.3, 0.4) is 0 Å². The summed E-state index contributed by atoms with van der Waals surface area (Å²) in [5.41, 5.74) is 10.0. The molecule has 0 radical (unpaired) electrons. The SMILES string of the molecule is CC1CC(=Cc2ccco2)c2nc3ccccc3c(C(=O)N3CCCN(C(N)=O)CC3)c2C1. The molecule has 1 saturated heterocycles. The fourth-order valence-electron chi connectivity index (χ4n) is 5.02. The molecule has 2 N–H and O–H groups in total. The minimum Gasteiger partial charge on any atom is -0.465 e. The molecule has 2 aromatic heterocycles. The standard InChI is InChI=1S/C26H28N4O3/c1-17-14-18(16-19-6-4-13-33-19)24-21(15-17)23(20-7-2-3-8-22(20)28-24)25(31)29-9-5-10-30(12-11-29)26(27)32/h2-4,6-8,13,16-17H,5,9-12,14-15H2,1H3,(H2,27,32). The Bertz CT molecular complexity index is 1230. The van der Waals surface area contributed by atoms with Crippen LogP contribution in [0, 0.1) is 5.92 Å². The number of amides is 3. The van der Waals surface area contributed by atoms with E-state index in [1.807, 2.05) is 47.4 Å². The maximum atomic E-state index is 14.0. The molecule has 0 saturated carbocycles. The van der Waals surface area contributed by atoms with E-state index in [0.29, 0.717) is 38.5 Å². The zero-order valence-corrected chi connectivity index (χ0v) is 18.8. The van der Waals surface area contributed by atoms with Gasteiger partial charge in [0.25, 0.3) is 5.91 Å². The van der Waals surface area contributed by atoms with Crippen LogP contribution in [0.25, 0.3) is 22.6 Å². The Morgan fingerprint density at radius 1 is 1.06 bits per heavy atom. The molecule has 33 heavy (non-hydrogen) atoms. The number of carbonyl (C=O) groups is 2. The third kappa shape index (κ3) is 4.11. The molecule has 1 aromatic carbocycles. The number of nitrogens with two attached hydrogens (primary N) is 1. The van der Waals surface area contributed by atoms with Gasteiger partial charge in [-0.25, -0.2) is 9.78 Å². The normalized spacial score (nSPS) is 20.0. The number of pyridine rings is 1. The first-order valence-corrected chi connectivity index (χ1v) is 11.5. The fourth-order valence-corrected chi connectivity index (χ4v) is 5.02. The summed E-state index contributed by atoms with van der Waals surface area (Å²) in [4.78, 5) is 34.1. The van der Waals surface area contributed by atoms with E-state index in [-0.39, 0.29) is 5.91 Å². The highest BCUT2D eigenvalue weighted by Gasteiger charge is 2.31. The van der Waals surface area contributed by atoms with Crippen LogP contribution in [0.4, 0.5) is 4.79 Å². The first-order valence-electron chi connectivity index (χ1n) is 11.5. The minimum absolute atomic E-state index is 0.00243. The van der Waals surface area contributed by atoms with Crippen LogP contribution in [0.2, 0.25) is 0 Å². The van der Waals surface area contributed by atoms with E-state index in [2.05, 4.69) is 6.92 Å². The number of primary amides is 1. The van der Waals surface area contributed by atoms with E-state index >= 15 is 0 Å². The van der Waals surface area contributed by atoms with Crippen molar-refractivity contribution in [2.75, 3.05) is 26.2 Å². The fraction of sp³-hybridized carbons (Fsp3) is 0.346. The maximum Gasteiger partial charge on any atom is 0.314 e. The van der Waals surface area contributed by atoms with Gasteiger partial charge in [0.05, 0.1) is 23.0 Å². The number of benzene rings is 1. The highest BCUT2D eigenvalue weighted by Crippen LogP contribution is 2.39. The van der Waals surface area contributed by atoms with Gasteiger partial charge in [-0.05, 0) is 60.6 Å². The van der Waals surface area contributed by atoms with Crippen LogP contribution < -0.4 is 5.73 Å². The van der Waals surface area contributed by atoms with Crippen LogP contribution in [0.15, 0.2) is 47.1 Å². The van der Waals surface area contributed by atoms with Crippen molar-refractivity contribution in [3.63, 3.8) is 0 Å². The van der Waals surface area contributed by atoms with Crippen molar-refractivity contribution in [3.8, 4) is 0 Å². The number of para-hydroxylation sites is 1. The quantitative estimate of drug-likeness (QED) is 0.642. The van der Waals surface area contributed by atoms with Crippen molar-refractivity contribution in [2.45, 2.75) is 26.2 Å². The Kier molecular flexibility index (Phi) is 5.62. The van der Waals surface area contributed by atoms with E-state index in [9.17, 15) is 9.59 Å². The molecular weight excluding hydrogens is 416 g/mol. The summed E-state index contributed by atoms with van der Waals surface area (Å²) >= 11 is 0. The van der Waals surface area contributed by atoms with Gasteiger partial charge in [-0.3, -0.25) is 4.79 Å². The van der Waals surface area contributed by atoms with E-state index in [0.717, 1.165) is 51.9 Å². The van der Waals surface area contributed by atoms with E-state index < -0.39 is 6.03 Å². The lowest BCUT2D eigenvalue weighted by atomic mass is 9.80. The Morgan fingerprint density at radius 2 is 1.85 bits per heavy atom. The first-order chi connectivity index (χ1) is 16.0. The second kappa shape index (κ2) is 8.73. The summed E-state index contributed by atoms with van der Waals surface area (Å²) in [6.45, 7) is 4.29. The molecule has 1 fully saturated rings. The second-order valence-electron chi connectivity index (χ2n) is 9.00. The molecule has 3 amide bonds. The Labute approximate surface area is 192 Å². The third-order valence-corrected chi connectivity index (χ3v) is 6.59. The van der Waals surface area contributed by atoms with Crippen molar-refractivity contribution in [2.24, 2.45) is 11.7 Å². The molecule has 2 aliphatic rings. The molecule has 7 nitrogen and oxygen atoms in total. The van der Waals surface area contributed by atoms with E-state index in [1.54, 1.807) is 11.2 Å². The van der Waals surface area contributed by atoms with Crippen LogP contribution in [0.5, 0.6) is 0 Å². The molecule has 7 heteroatoms. The van der Waals surface area contributed by atoms with Crippen LogP contribution in [0.1, 0.15) is 47.1 Å².